The van der Waals surface area contributed by atoms with Gasteiger partial charge in [-0.1, -0.05) is 13.8 Å². The molecule has 4 saturated carbocycles. The number of aliphatic hydroxyl groups is 2. The van der Waals surface area contributed by atoms with Crippen LogP contribution in [0.5, 0.6) is 0 Å². The van der Waals surface area contributed by atoms with Gasteiger partial charge < -0.3 is 14.9 Å². The molecule has 0 aromatic carbocycles. The molecule has 4 heteroatoms. The van der Waals surface area contributed by atoms with Gasteiger partial charge in [-0.25, -0.2) is 0 Å². The number of fused-ring (bicyclic) bond motifs is 5. The Labute approximate surface area is 151 Å². The summed E-state index contributed by atoms with van der Waals surface area (Å²) < 4.78 is 5.82. The van der Waals surface area contributed by atoms with Gasteiger partial charge >= 0.3 is 5.97 Å². The van der Waals surface area contributed by atoms with Crippen molar-refractivity contribution in [1.82, 2.24) is 0 Å². The zero-order chi connectivity index (χ0) is 18.0. The van der Waals surface area contributed by atoms with Crippen LogP contribution in [0.25, 0.3) is 0 Å². The summed E-state index contributed by atoms with van der Waals surface area (Å²) in [4.78, 5) is 11.8. The van der Waals surface area contributed by atoms with Crippen molar-refractivity contribution < 1.29 is 19.7 Å². The third-order valence-corrected chi connectivity index (χ3v) is 8.89. The average Bonchev–Trinajstić information content (AvgIpc) is 2.84. The second kappa shape index (κ2) is 5.95. The Balaban J connectivity index is 1.68. The molecule has 0 aromatic rings. The molecule has 4 nitrogen and oxygen atoms in total. The molecule has 0 aliphatic heterocycles. The molecule has 0 bridgehead atoms. The Morgan fingerprint density at radius 2 is 1.60 bits per heavy atom. The van der Waals surface area contributed by atoms with Crippen LogP contribution >= 0.6 is 0 Å². The first-order valence-electron chi connectivity index (χ1n) is 10.3. The van der Waals surface area contributed by atoms with Crippen molar-refractivity contribution in [1.29, 1.82) is 0 Å². The smallest absolute Gasteiger partial charge is 0.302 e. The third kappa shape index (κ3) is 2.58. The molecule has 0 spiro atoms. The lowest BCUT2D eigenvalue weighted by atomic mass is 9.44. The van der Waals surface area contributed by atoms with Crippen LogP contribution in [-0.4, -0.2) is 34.5 Å². The van der Waals surface area contributed by atoms with Crippen LogP contribution in [0.3, 0.4) is 0 Å². The maximum absolute atomic E-state index is 11.8. The first-order chi connectivity index (χ1) is 11.8. The van der Waals surface area contributed by atoms with Crippen LogP contribution < -0.4 is 0 Å². The van der Waals surface area contributed by atoms with E-state index in [0.717, 1.165) is 44.9 Å². The Bertz CT molecular complexity index is 548. The summed E-state index contributed by atoms with van der Waals surface area (Å²) in [6.45, 7) is 6.18. The zero-order valence-corrected chi connectivity index (χ0v) is 15.9. The minimum Gasteiger partial charge on any atom is -0.462 e. The number of rotatable bonds is 1. The first-order valence-corrected chi connectivity index (χ1v) is 10.3. The van der Waals surface area contributed by atoms with Crippen LogP contribution in [-0.2, 0) is 9.53 Å². The van der Waals surface area contributed by atoms with Crippen LogP contribution in [0.15, 0.2) is 0 Å². The van der Waals surface area contributed by atoms with E-state index in [0.29, 0.717) is 17.8 Å². The molecule has 4 rings (SSSR count). The highest BCUT2D eigenvalue weighted by Gasteiger charge is 2.62. The van der Waals surface area contributed by atoms with Gasteiger partial charge in [0.2, 0.25) is 0 Å². The molecule has 9 atom stereocenters. The summed E-state index contributed by atoms with van der Waals surface area (Å²) in [5.41, 5.74) is 0.191. The maximum Gasteiger partial charge on any atom is 0.302 e. The fraction of sp³-hybridized carbons (Fsp3) is 0.952. The fourth-order valence-corrected chi connectivity index (χ4v) is 7.56. The normalized spacial score (nSPS) is 55.0. The molecule has 0 amide bonds. The molecule has 142 valence electrons. The Kier molecular flexibility index (Phi) is 4.23. The van der Waals surface area contributed by atoms with Crippen molar-refractivity contribution in [2.45, 2.75) is 90.4 Å². The monoisotopic (exact) mass is 350 g/mol. The van der Waals surface area contributed by atoms with Crippen LogP contribution in [0.1, 0.15) is 72.1 Å². The summed E-state index contributed by atoms with van der Waals surface area (Å²) in [6.07, 6.45) is 7.39. The summed E-state index contributed by atoms with van der Waals surface area (Å²) in [5, 5.41) is 20.9. The average molecular weight is 350 g/mol. The molecule has 4 aliphatic carbocycles. The quantitative estimate of drug-likeness (QED) is 0.712. The van der Waals surface area contributed by atoms with Crippen molar-refractivity contribution >= 4 is 5.97 Å². The van der Waals surface area contributed by atoms with Crippen molar-refractivity contribution in [2.75, 3.05) is 0 Å². The lowest BCUT2D eigenvalue weighted by Crippen LogP contribution is -2.59. The number of aliphatic hydroxyl groups excluding tert-OH is 2. The van der Waals surface area contributed by atoms with E-state index in [1.165, 1.54) is 13.3 Å². The highest BCUT2D eigenvalue weighted by Crippen LogP contribution is 2.66. The minimum atomic E-state index is -0.255. The topological polar surface area (TPSA) is 66.8 Å². The SMILES string of the molecule is CC(=O)OC1C[C@@H]2[C@@H](CC[C@]3(C)C(O)CC[C@@H]23)[C@@]2(C)CCC(O)CC12. The molecular formula is C21H34O4. The van der Waals surface area contributed by atoms with E-state index in [2.05, 4.69) is 13.8 Å². The van der Waals surface area contributed by atoms with Crippen molar-refractivity contribution in [3.05, 3.63) is 0 Å². The number of carbonyl (C=O) groups is 1. The summed E-state index contributed by atoms with van der Waals surface area (Å²) in [5.74, 6) is 1.80. The predicted octanol–water partition coefficient (Wildman–Crippen LogP) is 3.29. The van der Waals surface area contributed by atoms with Crippen LogP contribution in [0.4, 0.5) is 0 Å². The van der Waals surface area contributed by atoms with E-state index in [-0.39, 0.29) is 41.0 Å². The third-order valence-electron chi connectivity index (χ3n) is 8.89. The van der Waals surface area contributed by atoms with Gasteiger partial charge in [-0.05, 0) is 80.0 Å². The Morgan fingerprint density at radius 1 is 0.920 bits per heavy atom. The second-order valence-corrected chi connectivity index (χ2v) is 9.94. The number of hydrogen-bond donors (Lipinski definition) is 2. The van der Waals surface area contributed by atoms with Gasteiger partial charge in [0, 0.05) is 12.8 Å². The molecule has 2 N–H and O–H groups in total. The van der Waals surface area contributed by atoms with Crippen molar-refractivity contribution in [2.24, 2.45) is 34.5 Å². The van der Waals surface area contributed by atoms with E-state index >= 15 is 0 Å². The highest BCUT2D eigenvalue weighted by molar-refractivity contribution is 5.66. The number of ether oxygens (including phenoxy) is 1. The molecule has 0 radical (unpaired) electrons. The molecule has 25 heavy (non-hydrogen) atoms. The first kappa shape index (κ1) is 17.8. The summed E-state index contributed by atoms with van der Waals surface area (Å²) >= 11 is 0. The van der Waals surface area contributed by atoms with Gasteiger partial charge in [0.15, 0.2) is 0 Å². The zero-order valence-electron chi connectivity index (χ0n) is 15.9. The van der Waals surface area contributed by atoms with Crippen molar-refractivity contribution in [3.8, 4) is 0 Å². The Morgan fingerprint density at radius 3 is 2.32 bits per heavy atom. The summed E-state index contributed by atoms with van der Waals surface area (Å²) in [7, 11) is 0. The second-order valence-electron chi connectivity index (χ2n) is 9.94. The van der Waals surface area contributed by atoms with Crippen molar-refractivity contribution in [3.63, 3.8) is 0 Å². The van der Waals surface area contributed by atoms with E-state index in [9.17, 15) is 15.0 Å². The molecule has 4 fully saturated rings. The van der Waals surface area contributed by atoms with Gasteiger partial charge in [-0.2, -0.15) is 0 Å². The minimum absolute atomic E-state index is 0.0410. The van der Waals surface area contributed by atoms with Crippen LogP contribution in [0, 0.1) is 34.5 Å². The standard InChI is InChI=1S/C21H34O4/c1-12(22)25-18-11-14-15-4-5-19(24)21(15,3)9-7-16(14)20(2)8-6-13(23)10-17(18)20/h13-19,23-24H,4-11H2,1-3H3/t13?,14-,15-,16+,17?,18?,19?,20+,21-/m0/s1. The predicted molar refractivity (Wildman–Crippen MR) is 94.7 cm³/mol. The van der Waals surface area contributed by atoms with E-state index < -0.39 is 0 Å². The van der Waals surface area contributed by atoms with Crippen LogP contribution in [0.2, 0.25) is 0 Å². The Hall–Kier alpha value is -0.610. The molecule has 4 unspecified atom stereocenters. The van der Waals surface area contributed by atoms with Gasteiger partial charge in [0.05, 0.1) is 12.2 Å². The number of hydrogen-bond acceptors (Lipinski definition) is 4. The van der Waals surface area contributed by atoms with E-state index in [1.54, 1.807) is 0 Å². The van der Waals surface area contributed by atoms with Gasteiger partial charge in [-0.3, -0.25) is 4.79 Å². The molecule has 4 aliphatic rings. The maximum atomic E-state index is 11.8. The van der Waals surface area contributed by atoms with Gasteiger partial charge in [-0.15, -0.1) is 0 Å². The number of carbonyl (C=O) groups excluding carboxylic acids is 1. The van der Waals surface area contributed by atoms with E-state index in [4.69, 9.17) is 4.74 Å². The number of esters is 1. The molecule has 0 heterocycles. The van der Waals surface area contributed by atoms with E-state index in [1.807, 2.05) is 0 Å². The lowest BCUT2D eigenvalue weighted by molar-refractivity contribution is -0.193. The van der Waals surface area contributed by atoms with Gasteiger partial charge in [0.1, 0.15) is 6.10 Å². The molecular weight excluding hydrogens is 316 g/mol. The fourth-order valence-electron chi connectivity index (χ4n) is 7.56. The molecule has 0 saturated heterocycles. The highest BCUT2D eigenvalue weighted by atomic mass is 16.5. The largest absolute Gasteiger partial charge is 0.462 e. The lowest BCUT2D eigenvalue weighted by Gasteiger charge is -2.62. The summed E-state index contributed by atoms with van der Waals surface area (Å²) in [6, 6.07) is 0. The molecule has 0 aromatic heterocycles. The van der Waals surface area contributed by atoms with Gasteiger partial charge in [0.25, 0.3) is 0 Å².